The lowest BCUT2D eigenvalue weighted by atomic mass is 9.79. The van der Waals surface area contributed by atoms with Crippen LogP contribution < -0.4 is 0 Å². The SMILES string of the molecule is C=CCOC(=O)N1CC2(CC(=O)N(C(=O)OC(C)(C)C)C2)C1. The van der Waals surface area contributed by atoms with Gasteiger partial charge in [-0.15, -0.1) is 0 Å². The van der Waals surface area contributed by atoms with Crippen molar-refractivity contribution in [3.05, 3.63) is 12.7 Å². The van der Waals surface area contributed by atoms with E-state index in [0.29, 0.717) is 13.1 Å². The Morgan fingerprint density at radius 3 is 2.45 bits per heavy atom. The van der Waals surface area contributed by atoms with Crippen molar-refractivity contribution in [3.63, 3.8) is 0 Å². The van der Waals surface area contributed by atoms with Gasteiger partial charge in [-0.05, 0) is 20.8 Å². The largest absolute Gasteiger partial charge is 0.445 e. The van der Waals surface area contributed by atoms with Crippen LogP contribution in [-0.2, 0) is 14.3 Å². The lowest BCUT2D eigenvalue weighted by Crippen LogP contribution is -2.59. The molecule has 0 aromatic carbocycles. The van der Waals surface area contributed by atoms with Gasteiger partial charge in [-0.2, -0.15) is 0 Å². The first kappa shape index (κ1) is 16.3. The quantitative estimate of drug-likeness (QED) is 0.727. The zero-order valence-corrected chi connectivity index (χ0v) is 13.3. The Morgan fingerprint density at radius 2 is 1.91 bits per heavy atom. The van der Waals surface area contributed by atoms with Crippen LogP contribution in [0.1, 0.15) is 27.2 Å². The molecule has 0 radical (unpaired) electrons. The number of hydrogen-bond acceptors (Lipinski definition) is 5. The Bertz CT molecular complexity index is 503. The van der Waals surface area contributed by atoms with Gasteiger partial charge in [0, 0.05) is 31.5 Å². The van der Waals surface area contributed by atoms with Crippen LogP contribution in [0.15, 0.2) is 12.7 Å². The van der Waals surface area contributed by atoms with Crippen molar-refractivity contribution in [2.45, 2.75) is 32.8 Å². The number of rotatable bonds is 2. The average molecular weight is 310 g/mol. The van der Waals surface area contributed by atoms with Gasteiger partial charge in [-0.3, -0.25) is 4.79 Å². The number of amides is 3. The van der Waals surface area contributed by atoms with E-state index < -0.39 is 17.8 Å². The maximum absolute atomic E-state index is 12.0. The molecule has 3 amide bonds. The van der Waals surface area contributed by atoms with E-state index in [1.807, 2.05) is 0 Å². The van der Waals surface area contributed by atoms with Crippen molar-refractivity contribution in [2.24, 2.45) is 5.41 Å². The standard InChI is InChI=1S/C15H22N2O5/c1-5-6-21-12(19)16-8-15(9-16)7-11(18)17(10-15)13(20)22-14(2,3)4/h5H,1,6-10H2,2-4H3. The van der Waals surface area contributed by atoms with Crippen molar-refractivity contribution < 1.29 is 23.9 Å². The molecule has 0 saturated carbocycles. The van der Waals surface area contributed by atoms with Gasteiger partial charge in [-0.1, -0.05) is 12.7 Å². The fraction of sp³-hybridized carbons (Fsp3) is 0.667. The number of carbonyl (C=O) groups excluding carboxylic acids is 3. The summed E-state index contributed by atoms with van der Waals surface area (Å²) in [6, 6.07) is 0. The van der Waals surface area contributed by atoms with E-state index in [4.69, 9.17) is 9.47 Å². The summed E-state index contributed by atoms with van der Waals surface area (Å²) in [5, 5.41) is 0. The molecule has 122 valence electrons. The monoisotopic (exact) mass is 310 g/mol. The van der Waals surface area contributed by atoms with Crippen molar-refractivity contribution in [1.82, 2.24) is 9.80 Å². The second-order valence-electron chi connectivity index (χ2n) is 6.86. The summed E-state index contributed by atoms with van der Waals surface area (Å²) in [7, 11) is 0. The molecule has 1 spiro atoms. The third kappa shape index (κ3) is 3.40. The van der Waals surface area contributed by atoms with Gasteiger partial charge in [0.25, 0.3) is 0 Å². The van der Waals surface area contributed by atoms with Crippen LogP contribution >= 0.6 is 0 Å². The molecule has 2 aliphatic heterocycles. The number of carbonyl (C=O) groups is 3. The normalized spacial score (nSPS) is 19.9. The van der Waals surface area contributed by atoms with E-state index in [1.165, 1.54) is 11.0 Å². The summed E-state index contributed by atoms with van der Waals surface area (Å²) in [6.45, 7) is 10.00. The summed E-state index contributed by atoms with van der Waals surface area (Å²) < 4.78 is 10.2. The predicted octanol–water partition coefficient (Wildman–Crippen LogP) is 1.78. The summed E-state index contributed by atoms with van der Waals surface area (Å²) >= 11 is 0. The molecule has 2 saturated heterocycles. The first-order chi connectivity index (χ1) is 10.2. The molecule has 2 rings (SSSR count). The minimum absolute atomic E-state index is 0.158. The lowest BCUT2D eigenvalue weighted by Gasteiger charge is -2.46. The van der Waals surface area contributed by atoms with Crippen LogP contribution in [0, 0.1) is 5.41 Å². The Kier molecular flexibility index (Phi) is 4.17. The fourth-order valence-corrected chi connectivity index (χ4v) is 2.70. The van der Waals surface area contributed by atoms with Gasteiger partial charge < -0.3 is 14.4 Å². The lowest BCUT2D eigenvalue weighted by molar-refractivity contribution is -0.127. The summed E-state index contributed by atoms with van der Waals surface area (Å²) in [4.78, 5) is 38.4. The smallest absolute Gasteiger partial charge is 0.417 e. The molecule has 7 heteroatoms. The molecular formula is C15H22N2O5. The molecule has 0 N–H and O–H groups in total. The molecule has 0 atom stereocenters. The van der Waals surface area contributed by atoms with Crippen LogP contribution in [0.2, 0.25) is 0 Å². The first-order valence-corrected chi connectivity index (χ1v) is 7.22. The molecule has 2 heterocycles. The number of imide groups is 1. The zero-order chi connectivity index (χ0) is 16.5. The number of hydrogen-bond donors (Lipinski definition) is 0. The molecule has 0 aromatic rings. The summed E-state index contributed by atoms with van der Waals surface area (Å²) in [5.41, 5.74) is -1.01. The van der Waals surface area contributed by atoms with Crippen molar-refractivity contribution in [1.29, 1.82) is 0 Å². The van der Waals surface area contributed by atoms with E-state index in [-0.39, 0.29) is 30.9 Å². The van der Waals surface area contributed by atoms with E-state index in [0.717, 1.165) is 4.90 Å². The topological polar surface area (TPSA) is 76.2 Å². The minimum Gasteiger partial charge on any atom is -0.445 e. The minimum atomic E-state index is -0.646. The van der Waals surface area contributed by atoms with Crippen molar-refractivity contribution in [2.75, 3.05) is 26.2 Å². The Labute approximate surface area is 129 Å². The maximum atomic E-state index is 12.0. The third-order valence-electron chi connectivity index (χ3n) is 3.57. The molecule has 2 fully saturated rings. The summed E-state index contributed by atoms with van der Waals surface area (Å²) in [6.07, 6.45) is 0.699. The molecule has 0 unspecified atom stereocenters. The fourth-order valence-electron chi connectivity index (χ4n) is 2.70. The van der Waals surface area contributed by atoms with Gasteiger partial charge in [0.15, 0.2) is 0 Å². The van der Waals surface area contributed by atoms with E-state index >= 15 is 0 Å². The molecule has 0 aliphatic carbocycles. The van der Waals surface area contributed by atoms with Crippen LogP contribution in [0.5, 0.6) is 0 Å². The average Bonchev–Trinajstić information content (AvgIpc) is 2.70. The van der Waals surface area contributed by atoms with E-state index in [1.54, 1.807) is 20.8 Å². The van der Waals surface area contributed by atoms with Gasteiger partial charge in [0.1, 0.15) is 12.2 Å². The third-order valence-corrected chi connectivity index (χ3v) is 3.57. The highest BCUT2D eigenvalue weighted by atomic mass is 16.6. The second-order valence-corrected chi connectivity index (χ2v) is 6.86. The molecule has 0 bridgehead atoms. The summed E-state index contributed by atoms with van der Waals surface area (Å²) in [5.74, 6) is -0.256. The van der Waals surface area contributed by atoms with Gasteiger partial charge in [0.05, 0.1) is 0 Å². The Balaban J connectivity index is 1.90. The highest BCUT2D eigenvalue weighted by Crippen LogP contribution is 2.40. The van der Waals surface area contributed by atoms with E-state index in [2.05, 4.69) is 6.58 Å². The Hall–Kier alpha value is -2.05. The first-order valence-electron chi connectivity index (χ1n) is 7.22. The van der Waals surface area contributed by atoms with Crippen LogP contribution in [0.3, 0.4) is 0 Å². The van der Waals surface area contributed by atoms with Crippen LogP contribution in [-0.4, -0.2) is 59.7 Å². The number of nitrogens with zero attached hydrogens (tertiary/aromatic N) is 2. The van der Waals surface area contributed by atoms with Crippen molar-refractivity contribution >= 4 is 18.1 Å². The highest BCUT2D eigenvalue weighted by Gasteiger charge is 2.55. The van der Waals surface area contributed by atoms with Crippen molar-refractivity contribution in [3.8, 4) is 0 Å². The van der Waals surface area contributed by atoms with Crippen LogP contribution in [0.4, 0.5) is 9.59 Å². The molecule has 2 aliphatic rings. The van der Waals surface area contributed by atoms with E-state index in [9.17, 15) is 14.4 Å². The molecule has 0 aromatic heterocycles. The zero-order valence-electron chi connectivity index (χ0n) is 13.3. The van der Waals surface area contributed by atoms with Gasteiger partial charge >= 0.3 is 12.2 Å². The maximum Gasteiger partial charge on any atom is 0.417 e. The van der Waals surface area contributed by atoms with Gasteiger partial charge in [0.2, 0.25) is 5.91 Å². The van der Waals surface area contributed by atoms with Crippen LogP contribution in [0.25, 0.3) is 0 Å². The second kappa shape index (κ2) is 5.62. The number of ether oxygens (including phenoxy) is 2. The number of likely N-dealkylation sites (tertiary alicyclic amines) is 2. The van der Waals surface area contributed by atoms with Gasteiger partial charge in [-0.25, -0.2) is 14.5 Å². The Morgan fingerprint density at radius 1 is 1.27 bits per heavy atom. The molecule has 22 heavy (non-hydrogen) atoms. The molecule has 7 nitrogen and oxygen atoms in total. The highest BCUT2D eigenvalue weighted by molar-refractivity contribution is 5.94. The molecular weight excluding hydrogens is 288 g/mol. The predicted molar refractivity (Wildman–Crippen MR) is 78.1 cm³/mol.